The summed E-state index contributed by atoms with van der Waals surface area (Å²) in [6.45, 7) is 4.23. The van der Waals surface area contributed by atoms with Crippen LogP contribution in [0.5, 0.6) is 5.75 Å². The van der Waals surface area contributed by atoms with Crippen molar-refractivity contribution in [3.63, 3.8) is 0 Å². The van der Waals surface area contributed by atoms with Crippen LogP contribution in [0.3, 0.4) is 0 Å². The lowest BCUT2D eigenvalue weighted by atomic mass is 10.1. The molecule has 2 rings (SSSR count). The fourth-order valence-electron chi connectivity index (χ4n) is 2.46. The largest absolute Gasteiger partial charge is 0.496 e. The Morgan fingerprint density at radius 3 is 2.76 bits per heavy atom. The lowest BCUT2D eigenvalue weighted by molar-refractivity contribution is -0.127. The molecule has 0 radical (unpaired) electrons. The number of aryl methyl sites for hydroxylation is 2. The Labute approximate surface area is 152 Å². The second kappa shape index (κ2) is 8.54. The summed E-state index contributed by atoms with van der Waals surface area (Å²) in [5.74, 6) is 0.967. The Hall–Kier alpha value is -2.52. The molecule has 1 amide bonds. The highest BCUT2D eigenvalue weighted by Crippen LogP contribution is 2.24. The van der Waals surface area contributed by atoms with Crippen molar-refractivity contribution in [2.24, 2.45) is 0 Å². The van der Waals surface area contributed by atoms with E-state index in [1.165, 1.54) is 11.8 Å². The summed E-state index contributed by atoms with van der Waals surface area (Å²) in [6.07, 6.45) is 0. The molecule has 1 aromatic heterocycles. The number of para-hydroxylation sites is 1. The van der Waals surface area contributed by atoms with Crippen LogP contribution < -0.4 is 4.74 Å². The van der Waals surface area contributed by atoms with Crippen LogP contribution in [0, 0.1) is 25.2 Å². The standard InChI is InChI=1S/C19H21N3O2S/c1-13-9-14(2)21-19(16(13)10-20)25-12-18(23)22(3)11-15-7-5-6-8-17(15)24-4/h5-9H,11-12H2,1-4H3. The molecule has 0 spiro atoms. The number of carbonyl (C=O) groups excluding carboxylic acids is 1. The van der Waals surface area contributed by atoms with Crippen LogP contribution in [0.1, 0.15) is 22.4 Å². The fourth-order valence-corrected chi connectivity index (χ4v) is 3.50. The van der Waals surface area contributed by atoms with Gasteiger partial charge in [-0.2, -0.15) is 5.26 Å². The minimum atomic E-state index is -0.0271. The zero-order valence-corrected chi connectivity index (χ0v) is 15.7. The second-order valence-electron chi connectivity index (χ2n) is 5.72. The van der Waals surface area contributed by atoms with Gasteiger partial charge in [-0.1, -0.05) is 30.0 Å². The van der Waals surface area contributed by atoms with Crippen molar-refractivity contribution in [1.82, 2.24) is 9.88 Å². The van der Waals surface area contributed by atoms with Gasteiger partial charge in [-0.15, -0.1) is 0 Å². The van der Waals surface area contributed by atoms with Gasteiger partial charge in [0.2, 0.25) is 5.91 Å². The van der Waals surface area contributed by atoms with Crippen LogP contribution in [-0.4, -0.2) is 35.7 Å². The van der Waals surface area contributed by atoms with E-state index in [0.29, 0.717) is 17.1 Å². The Balaban J connectivity index is 2.04. The van der Waals surface area contributed by atoms with Gasteiger partial charge in [-0.05, 0) is 31.5 Å². The second-order valence-corrected chi connectivity index (χ2v) is 6.69. The van der Waals surface area contributed by atoms with Crippen molar-refractivity contribution in [3.8, 4) is 11.8 Å². The first kappa shape index (κ1) is 18.8. The molecule has 130 valence electrons. The van der Waals surface area contributed by atoms with Crippen LogP contribution in [0.4, 0.5) is 0 Å². The van der Waals surface area contributed by atoms with Crippen molar-refractivity contribution in [2.45, 2.75) is 25.4 Å². The Morgan fingerprint density at radius 2 is 2.08 bits per heavy atom. The Kier molecular flexibility index (Phi) is 6.43. The van der Waals surface area contributed by atoms with Gasteiger partial charge < -0.3 is 9.64 Å². The molecule has 1 heterocycles. The van der Waals surface area contributed by atoms with E-state index in [1.807, 2.05) is 44.2 Å². The molecule has 0 aliphatic carbocycles. The van der Waals surface area contributed by atoms with Crippen molar-refractivity contribution in [1.29, 1.82) is 5.26 Å². The summed E-state index contributed by atoms with van der Waals surface area (Å²) in [6, 6.07) is 11.7. The van der Waals surface area contributed by atoms with Gasteiger partial charge >= 0.3 is 0 Å². The molecule has 2 aromatic rings. The number of rotatable bonds is 6. The lowest BCUT2D eigenvalue weighted by Crippen LogP contribution is -2.28. The molecule has 0 fully saturated rings. The maximum atomic E-state index is 12.4. The number of carbonyl (C=O) groups is 1. The van der Waals surface area contributed by atoms with E-state index in [2.05, 4.69) is 11.1 Å². The molecule has 0 bridgehead atoms. The quantitative estimate of drug-likeness (QED) is 0.744. The van der Waals surface area contributed by atoms with Crippen LogP contribution >= 0.6 is 11.8 Å². The summed E-state index contributed by atoms with van der Waals surface area (Å²) >= 11 is 1.30. The third-order valence-corrected chi connectivity index (χ3v) is 4.74. The van der Waals surface area contributed by atoms with Gasteiger partial charge in [-0.25, -0.2) is 4.98 Å². The highest BCUT2D eigenvalue weighted by Gasteiger charge is 2.15. The normalized spacial score (nSPS) is 10.2. The predicted octanol–water partition coefficient (Wildman–Crippen LogP) is 3.33. The molecule has 0 saturated heterocycles. The summed E-state index contributed by atoms with van der Waals surface area (Å²) in [5, 5.41) is 9.91. The molecule has 0 saturated carbocycles. The maximum absolute atomic E-state index is 12.4. The van der Waals surface area contributed by atoms with Crippen LogP contribution in [0.15, 0.2) is 35.4 Å². The van der Waals surface area contributed by atoms with Gasteiger partial charge in [0.1, 0.15) is 16.8 Å². The number of pyridine rings is 1. The molecule has 0 unspecified atom stereocenters. The third kappa shape index (κ3) is 4.74. The molecule has 25 heavy (non-hydrogen) atoms. The van der Waals surface area contributed by atoms with Gasteiger partial charge in [0.05, 0.1) is 18.4 Å². The fraction of sp³-hybridized carbons (Fsp3) is 0.316. The molecule has 0 atom stereocenters. The molecule has 6 heteroatoms. The Morgan fingerprint density at radius 1 is 1.36 bits per heavy atom. The number of aromatic nitrogens is 1. The molecule has 5 nitrogen and oxygen atoms in total. The van der Waals surface area contributed by atoms with E-state index in [1.54, 1.807) is 19.1 Å². The van der Waals surface area contributed by atoms with Gasteiger partial charge in [-0.3, -0.25) is 4.79 Å². The molecular formula is C19H21N3O2S. The number of amides is 1. The zero-order chi connectivity index (χ0) is 18.4. The number of ether oxygens (including phenoxy) is 1. The maximum Gasteiger partial charge on any atom is 0.233 e. The first-order valence-corrected chi connectivity index (χ1v) is 8.81. The number of thioether (sulfide) groups is 1. The first-order valence-electron chi connectivity index (χ1n) is 7.83. The lowest BCUT2D eigenvalue weighted by Gasteiger charge is -2.19. The highest BCUT2D eigenvalue weighted by molar-refractivity contribution is 8.00. The summed E-state index contributed by atoms with van der Waals surface area (Å²) in [5.41, 5.74) is 3.21. The van der Waals surface area contributed by atoms with Crippen molar-refractivity contribution >= 4 is 17.7 Å². The number of nitrogens with zero attached hydrogens (tertiary/aromatic N) is 3. The minimum absolute atomic E-state index is 0.0271. The number of hydrogen-bond donors (Lipinski definition) is 0. The van der Waals surface area contributed by atoms with Crippen LogP contribution in [-0.2, 0) is 11.3 Å². The van der Waals surface area contributed by atoms with Gasteiger partial charge in [0, 0.05) is 24.8 Å². The summed E-state index contributed by atoms with van der Waals surface area (Å²) in [4.78, 5) is 18.5. The van der Waals surface area contributed by atoms with Gasteiger partial charge in [0.15, 0.2) is 0 Å². The summed E-state index contributed by atoms with van der Waals surface area (Å²) in [7, 11) is 3.38. The van der Waals surface area contributed by atoms with Crippen molar-refractivity contribution < 1.29 is 9.53 Å². The molecule has 1 aromatic carbocycles. The van der Waals surface area contributed by atoms with E-state index in [4.69, 9.17) is 4.74 Å². The number of benzene rings is 1. The van der Waals surface area contributed by atoms with E-state index in [9.17, 15) is 10.1 Å². The first-order chi connectivity index (χ1) is 12.0. The predicted molar refractivity (Wildman–Crippen MR) is 98.6 cm³/mol. The topological polar surface area (TPSA) is 66.2 Å². The average molecular weight is 355 g/mol. The SMILES string of the molecule is COc1ccccc1CN(C)C(=O)CSc1nc(C)cc(C)c1C#N. The highest BCUT2D eigenvalue weighted by atomic mass is 32.2. The Bertz CT molecular complexity index is 815. The number of hydrogen-bond acceptors (Lipinski definition) is 5. The molecule has 0 aliphatic rings. The number of nitriles is 1. The van der Waals surface area contributed by atoms with Crippen molar-refractivity contribution in [3.05, 3.63) is 52.7 Å². The summed E-state index contributed by atoms with van der Waals surface area (Å²) < 4.78 is 5.32. The van der Waals surface area contributed by atoms with E-state index >= 15 is 0 Å². The molecule has 0 N–H and O–H groups in total. The zero-order valence-electron chi connectivity index (χ0n) is 14.9. The van der Waals surface area contributed by atoms with Crippen LogP contribution in [0.2, 0.25) is 0 Å². The minimum Gasteiger partial charge on any atom is -0.496 e. The van der Waals surface area contributed by atoms with E-state index < -0.39 is 0 Å². The molecular weight excluding hydrogens is 334 g/mol. The monoisotopic (exact) mass is 355 g/mol. The number of methoxy groups -OCH3 is 1. The van der Waals surface area contributed by atoms with Gasteiger partial charge in [0.25, 0.3) is 0 Å². The van der Waals surface area contributed by atoms with E-state index in [-0.39, 0.29) is 11.7 Å². The molecule has 0 aliphatic heterocycles. The van der Waals surface area contributed by atoms with Crippen molar-refractivity contribution in [2.75, 3.05) is 19.9 Å². The third-order valence-electron chi connectivity index (χ3n) is 3.78. The smallest absolute Gasteiger partial charge is 0.233 e. The van der Waals surface area contributed by atoms with E-state index in [0.717, 1.165) is 22.6 Å². The van der Waals surface area contributed by atoms with Crippen LogP contribution in [0.25, 0.3) is 0 Å². The average Bonchev–Trinajstić information content (AvgIpc) is 2.59.